The number of nitrogens with two attached hydrogens (primary N) is 1. The average molecular weight is 171 g/mol. The van der Waals surface area contributed by atoms with Crippen molar-refractivity contribution in [3.63, 3.8) is 0 Å². The van der Waals surface area contributed by atoms with Gasteiger partial charge in [0.15, 0.2) is 0 Å². The van der Waals surface area contributed by atoms with Crippen LogP contribution in [0.3, 0.4) is 0 Å². The van der Waals surface area contributed by atoms with Crippen molar-refractivity contribution in [3.8, 4) is 0 Å². The molecular weight excluding hydrogens is 154 g/mol. The standard InChI is InChI=1S/C8H17N3O/c1-7-6-10(2)4-3-5-11(7)8(9)12/h7H,3-6H2,1-2H3,(H2,9,12). The summed E-state index contributed by atoms with van der Waals surface area (Å²) in [6.07, 6.45) is 1.02. The Morgan fingerprint density at radius 2 is 2.17 bits per heavy atom. The molecule has 1 saturated heterocycles. The second-order valence-electron chi connectivity index (χ2n) is 3.50. The van der Waals surface area contributed by atoms with Gasteiger partial charge in [-0.05, 0) is 26.9 Å². The van der Waals surface area contributed by atoms with Crippen LogP contribution in [0.2, 0.25) is 0 Å². The summed E-state index contributed by atoms with van der Waals surface area (Å²) in [5.74, 6) is 0. The summed E-state index contributed by atoms with van der Waals surface area (Å²) < 4.78 is 0. The molecule has 2 N–H and O–H groups in total. The van der Waals surface area contributed by atoms with Crippen LogP contribution in [0.5, 0.6) is 0 Å². The first kappa shape index (κ1) is 9.32. The number of hydrogen-bond acceptors (Lipinski definition) is 2. The third-order valence-electron chi connectivity index (χ3n) is 2.33. The summed E-state index contributed by atoms with van der Waals surface area (Å²) in [6.45, 7) is 4.80. The quantitative estimate of drug-likeness (QED) is 0.561. The van der Waals surface area contributed by atoms with Crippen LogP contribution in [0.4, 0.5) is 4.79 Å². The maximum atomic E-state index is 11.0. The zero-order chi connectivity index (χ0) is 9.14. The summed E-state index contributed by atoms with van der Waals surface area (Å²) in [7, 11) is 2.07. The number of urea groups is 1. The third-order valence-corrected chi connectivity index (χ3v) is 2.33. The van der Waals surface area contributed by atoms with Gasteiger partial charge in [0.05, 0.1) is 0 Å². The highest BCUT2D eigenvalue weighted by atomic mass is 16.2. The van der Waals surface area contributed by atoms with Crippen LogP contribution < -0.4 is 5.73 Å². The molecule has 1 heterocycles. The van der Waals surface area contributed by atoms with E-state index in [-0.39, 0.29) is 12.1 Å². The van der Waals surface area contributed by atoms with Crippen molar-refractivity contribution in [1.82, 2.24) is 9.80 Å². The van der Waals surface area contributed by atoms with Gasteiger partial charge in [-0.25, -0.2) is 4.79 Å². The largest absolute Gasteiger partial charge is 0.351 e. The molecule has 12 heavy (non-hydrogen) atoms. The van der Waals surface area contributed by atoms with Gasteiger partial charge in [0, 0.05) is 19.1 Å². The minimum absolute atomic E-state index is 0.245. The Balaban J connectivity index is 2.57. The van der Waals surface area contributed by atoms with Gasteiger partial charge >= 0.3 is 6.03 Å². The fourth-order valence-electron chi connectivity index (χ4n) is 1.70. The van der Waals surface area contributed by atoms with E-state index < -0.39 is 0 Å². The Hall–Kier alpha value is -0.770. The first-order valence-corrected chi connectivity index (χ1v) is 4.36. The monoisotopic (exact) mass is 171 g/mol. The molecule has 1 fully saturated rings. The molecule has 70 valence electrons. The molecule has 0 spiro atoms. The molecule has 1 aliphatic heterocycles. The molecule has 1 unspecified atom stereocenters. The zero-order valence-electron chi connectivity index (χ0n) is 7.79. The lowest BCUT2D eigenvalue weighted by Gasteiger charge is -2.25. The topological polar surface area (TPSA) is 49.6 Å². The van der Waals surface area contributed by atoms with Crippen molar-refractivity contribution in [2.45, 2.75) is 19.4 Å². The molecular formula is C8H17N3O. The number of likely N-dealkylation sites (N-methyl/N-ethyl adjacent to an activating group) is 1. The third kappa shape index (κ3) is 2.11. The van der Waals surface area contributed by atoms with Crippen LogP contribution in [0.1, 0.15) is 13.3 Å². The van der Waals surface area contributed by atoms with Crippen molar-refractivity contribution in [3.05, 3.63) is 0 Å². The summed E-state index contributed by atoms with van der Waals surface area (Å²) in [5.41, 5.74) is 5.24. The first-order chi connectivity index (χ1) is 5.61. The Morgan fingerprint density at radius 3 is 2.75 bits per heavy atom. The molecule has 0 saturated carbocycles. The summed E-state index contributed by atoms with van der Waals surface area (Å²) in [6, 6.07) is -0.0483. The predicted octanol–water partition coefficient (Wildman–Crippen LogP) is 0.0911. The minimum Gasteiger partial charge on any atom is -0.351 e. The van der Waals surface area contributed by atoms with Crippen LogP contribution in [-0.4, -0.2) is 48.6 Å². The molecule has 0 aliphatic carbocycles. The average Bonchev–Trinajstić information content (AvgIpc) is 2.10. The van der Waals surface area contributed by atoms with Crippen LogP contribution in [0.25, 0.3) is 0 Å². The van der Waals surface area contributed by atoms with Crippen molar-refractivity contribution in [2.24, 2.45) is 5.73 Å². The molecule has 1 rings (SSSR count). The normalized spacial score (nSPS) is 26.8. The van der Waals surface area contributed by atoms with Gasteiger partial charge in [-0.3, -0.25) is 0 Å². The molecule has 0 aromatic rings. The maximum absolute atomic E-state index is 11.0. The lowest BCUT2D eigenvalue weighted by molar-refractivity contribution is 0.187. The van der Waals surface area contributed by atoms with E-state index in [1.165, 1.54) is 0 Å². The molecule has 0 bridgehead atoms. The molecule has 0 aromatic heterocycles. The SMILES string of the molecule is CC1CN(C)CCCN1C(N)=O. The van der Waals surface area contributed by atoms with Crippen molar-refractivity contribution >= 4 is 6.03 Å². The summed E-state index contributed by atoms with van der Waals surface area (Å²) >= 11 is 0. The fraction of sp³-hybridized carbons (Fsp3) is 0.875. The van der Waals surface area contributed by atoms with Gasteiger partial charge < -0.3 is 15.5 Å². The Labute approximate surface area is 73.3 Å². The number of primary amides is 1. The van der Waals surface area contributed by atoms with Crippen molar-refractivity contribution < 1.29 is 4.79 Å². The second kappa shape index (κ2) is 3.76. The molecule has 0 radical (unpaired) electrons. The van der Waals surface area contributed by atoms with E-state index in [1.54, 1.807) is 4.90 Å². The van der Waals surface area contributed by atoms with E-state index in [9.17, 15) is 4.79 Å². The van der Waals surface area contributed by atoms with Gasteiger partial charge in [-0.15, -0.1) is 0 Å². The van der Waals surface area contributed by atoms with E-state index in [0.29, 0.717) is 0 Å². The Morgan fingerprint density at radius 1 is 1.50 bits per heavy atom. The second-order valence-corrected chi connectivity index (χ2v) is 3.50. The number of hydrogen-bond donors (Lipinski definition) is 1. The first-order valence-electron chi connectivity index (χ1n) is 4.36. The fourth-order valence-corrected chi connectivity index (χ4v) is 1.70. The molecule has 4 nitrogen and oxygen atoms in total. The Kier molecular flexibility index (Phi) is 2.92. The number of rotatable bonds is 0. The van der Waals surface area contributed by atoms with Gasteiger partial charge in [-0.2, -0.15) is 0 Å². The highest BCUT2D eigenvalue weighted by Gasteiger charge is 2.21. The summed E-state index contributed by atoms with van der Waals surface area (Å²) in [4.78, 5) is 14.9. The lowest BCUT2D eigenvalue weighted by atomic mass is 10.3. The van der Waals surface area contributed by atoms with Crippen molar-refractivity contribution in [1.29, 1.82) is 0 Å². The molecule has 0 aromatic carbocycles. The maximum Gasteiger partial charge on any atom is 0.315 e. The van der Waals surface area contributed by atoms with E-state index in [2.05, 4.69) is 11.9 Å². The molecule has 2 amide bonds. The van der Waals surface area contributed by atoms with Crippen LogP contribution in [0.15, 0.2) is 0 Å². The van der Waals surface area contributed by atoms with E-state index >= 15 is 0 Å². The highest BCUT2D eigenvalue weighted by Crippen LogP contribution is 2.07. The molecule has 1 aliphatic rings. The Bertz CT molecular complexity index is 172. The number of amides is 2. The van der Waals surface area contributed by atoms with Crippen molar-refractivity contribution in [2.75, 3.05) is 26.7 Å². The van der Waals surface area contributed by atoms with Gasteiger partial charge in [0.1, 0.15) is 0 Å². The van der Waals surface area contributed by atoms with Crippen LogP contribution in [-0.2, 0) is 0 Å². The predicted molar refractivity (Wildman–Crippen MR) is 47.9 cm³/mol. The summed E-state index contributed by atoms with van der Waals surface area (Å²) in [5, 5.41) is 0. The molecule has 1 atom stereocenters. The van der Waals surface area contributed by atoms with E-state index in [0.717, 1.165) is 26.1 Å². The smallest absolute Gasteiger partial charge is 0.315 e. The number of nitrogens with zero attached hydrogens (tertiary/aromatic N) is 2. The van der Waals surface area contributed by atoms with Gasteiger partial charge in [0.25, 0.3) is 0 Å². The number of carbonyl (C=O) groups is 1. The van der Waals surface area contributed by atoms with E-state index in [1.807, 2.05) is 6.92 Å². The number of carbonyl (C=O) groups excluding carboxylic acids is 1. The van der Waals surface area contributed by atoms with Crippen LogP contribution in [0, 0.1) is 0 Å². The molecule has 4 heteroatoms. The van der Waals surface area contributed by atoms with Gasteiger partial charge in [-0.1, -0.05) is 0 Å². The van der Waals surface area contributed by atoms with Gasteiger partial charge in [0.2, 0.25) is 0 Å². The highest BCUT2D eigenvalue weighted by molar-refractivity contribution is 5.72. The van der Waals surface area contributed by atoms with Crippen LogP contribution >= 0.6 is 0 Å². The minimum atomic E-state index is -0.294. The zero-order valence-corrected chi connectivity index (χ0v) is 7.79. The van der Waals surface area contributed by atoms with E-state index in [4.69, 9.17) is 5.73 Å². The lowest BCUT2D eigenvalue weighted by Crippen LogP contribution is -2.44.